The highest BCUT2D eigenvalue weighted by Gasteiger charge is 2.29. The normalized spacial score (nSPS) is 13.7. The Morgan fingerprint density at radius 1 is 1.00 bits per heavy atom. The number of aryl methyl sites for hydroxylation is 1. The van der Waals surface area contributed by atoms with Crippen LogP contribution in [-0.4, -0.2) is 34.1 Å². The number of nitrogens with one attached hydrogen (secondary N) is 1. The number of amides is 1. The SMILES string of the molecule is Cc1ccc(C(C)NC(=O)CN(c2ccc(F)cc2)S(=O)(=O)c2ccc3c(c2)OCCO3)cc1. The highest BCUT2D eigenvalue weighted by molar-refractivity contribution is 7.92. The van der Waals surface area contributed by atoms with E-state index in [0.717, 1.165) is 27.6 Å². The van der Waals surface area contributed by atoms with Gasteiger partial charge < -0.3 is 14.8 Å². The lowest BCUT2D eigenvalue weighted by molar-refractivity contribution is -0.120. The smallest absolute Gasteiger partial charge is 0.264 e. The summed E-state index contributed by atoms with van der Waals surface area (Å²) in [6.07, 6.45) is 0. The molecule has 3 aromatic rings. The van der Waals surface area contributed by atoms with E-state index in [4.69, 9.17) is 9.47 Å². The molecular formula is C25H25FN2O5S. The van der Waals surface area contributed by atoms with Gasteiger partial charge in [0.25, 0.3) is 10.0 Å². The van der Waals surface area contributed by atoms with Crippen LogP contribution in [0.3, 0.4) is 0 Å². The summed E-state index contributed by atoms with van der Waals surface area (Å²) in [5.41, 5.74) is 2.15. The summed E-state index contributed by atoms with van der Waals surface area (Å²) >= 11 is 0. The molecule has 1 amide bonds. The van der Waals surface area contributed by atoms with Gasteiger partial charge in [-0.05, 0) is 55.8 Å². The molecule has 3 aromatic carbocycles. The van der Waals surface area contributed by atoms with Gasteiger partial charge in [-0.3, -0.25) is 9.10 Å². The molecule has 1 N–H and O–H groups in total. The summed E-state index contributed by atoms with van der Waals surface area (Å²) in [4.78, 5) is 12.9. The second kappa shape index (κ2) is 9.72. The maximum atomic E-state index is 13.6. The number of rotatable bonds is 7. The van der Waals surface area contributed by atoms with Crippen molar-refractivity contribution in [1.82, 2.24) is 5.32 Å². The van der Waals surface area contributed by atoms with E-state index < -0.39 is 28.3 Å². The summed E-state index contributed by atoms with van der Waals surface area (Å²) in [6.45, 7) is 3.98. The zero-order valence-corrected chi connectivity index (χ0v) is 19.6. The molecule has 0 fully saturated rings. The standard InChI is InChI=1S/C25H25FN2O5S/c1-17-3-5-19(6-4-17)18(2)27-25(29)16-28(21-9-7-20(26)8-10-21)34(30,31)22-11-12-23-24(15-22)33-14-13-32-23/h3-12,15,18H,13-14,16H2,1-2H3,(H,27,29). The van der Waals surface area contributed by atoms with Crippen LogP contribution in [0.1, 0.15) is 24.1 Å². The van der Waals surface area contributed by atoms with Crippen molar-refractivity contribution in [3.63, 3.8) is 0 Å². The number of anilines is 1. The summed E-state index contributed by atoms with van der Waals surface area (Å²) in [5, 5.41) is 2.84. The van der Waals surface area contributed by atoms with Crippen molar-refractivity contribution >= 4 is 21.6 Å². The van der Waals surface area contributed by atoms with E-state index in [-0.39, 0.29) is 16.6 Å². The van der Waals surface area contributed by atoms with Crippen LogP contribution in [-0.2, 0) is 14.8 Å². The maximum Gasteiger partial charge on any atom is 0.264 e. The van der Waals surface area contributed by atoms with Gasteiger partial charge in [-0.25, -0.2) is 12.8 Å². The minimum atomic E-state index is -4.19. The molecule has 1 unspecified atom stereocenters. The van der Waals surface area contributed by atoms with Gasteiger partial charge in [-0.1, -0.05) is 29.8 Å². The van der Waals surface area contributed by atoms with E-state index in [0.29, 0.717) is 24.7 Å². The van der Waals surface area contributed by atoms with E-state index in [2.05, 4.69) is 5.32 Å². The van der Waals surface area contributed by atoms with E-state index >= 15 is 0 Å². The molecule has 1 aliphatic rings. The largest absolute Gasteiger partial charge is 0.486 e. The predicted octanol–water partition coefficient (Wildman–Crippen LogP) is 3.98. The van der Waals surface area contributed by atoms with Gasteiger partial charge in [-0.2, -0.15) is 0 Å². The molecule has 0 saturated heterocycles. The lowest BCUT2D eigenvalue weighted by Gasteiger charge is -2.26. The Labute approximate surface area is 198 Å². The van der Waals surface area contributed by atoms with Crippen molar-refractivity contribution in [2.75, 3.05) is 24.1 Å². The van der Waals surface area contributed by atoms with Crippen LogP contribution in [0.4, 0.5) is 10.1 Å². The number of benzene rings is 3. The maximum absolute atomic E-state index is 13.6. The number of sulfonamides is 1. The van der Waals surface area contributed by atoms with Gasteiger partial charge in [0.2, 0.25) is 5.91 Å². The third-order valence-electron chi connectivity index (χ3n) is 5.46. The van der Waals surface area contributed by atoms with Gasteiger partial charge >= 0.3 is 0 Å². The van der Waals surface area contributed by atoms with E-state index in [9.17, 15) is 17.6 Å². The number of nitrogens with zero attached hydrogens (tertiary/aromatic N) is 1. The second-order valence-electron chi connectivity index (χ2n) is 7.99. The van der Waals surface area contributed by atoms with Crippen LogP contribution < -0.4 is 19.1 Å². The highest BCUT2D eigenvalue weighted by Crippen LogP contribution is 2.34. The lowest BCUT2D eigenvalue weighted by Crippen LogP contribution is -2.41. The average molecular weight is 485 g/mol. The molecular weight excluding hydrogens is 459 g/mol. The first-order valence-corrected chi connectivity index (χ1v) is 12.2. The molecule has 178 valence electrons. The molecule has 9 heteroatoms. The Kier molecular flexibility index (Phi) is 6.74. The van der Waals surface area contributed by atoms with Crippen molar-refractivity contribution in [1.29, 1.82) is 0 Å². The summed E-state index contributed by atoms with van der Waals surface area (Å²) in [6, 6.07) is 16.6. The number of fused-ring (bicyclic) bond motifs is 1. The third-order valence-corrected chi connectivity index (χ3v) is 7.23. The number of carbonyl (C=O) groups is 1. The van der Waals surface area contributed by atoms with Crippen LogP contribution in [0.15, 0.2) is 71.6 Å². The Hall–Kier alpha value is -3.59. The minimum Gasteiger partial charge on any atom is -0.486 e. The van der Waals surface area contributed by atoms with Crippen LogP contribution in [0, 0.1) is 12.7 Å². The summed E-state index contributed by atoms with van der Waals surface area (Å²) in [5.74, 6) is -0.261. The third kappa shape index (κ3) is 5.14. The first kappa shape index (κ1) is 23.6. The fourth-order valence-electron chi connectivity index (χ4n) is 3.59. The first-order chi connectivity index (χ1) is 16.2. The first-order valence-electron chi connectivity index (χ1n) is 10.8. The van der Waals surface area contributed by atoms with Crippen LogP contribution in [0.2, 0.25) is 0 Å². The van der Waals surface area contributed by atoms with Gasteiger partial charge in [0.05, 0.1) is 16.6 Å². The van der Waals surface area contributed by atoms with Gasteiger partial charge in [0, 0.05) is 6.07 Å². The topological polar surface area (TPSA) is 84.9 Å². The summed E-state index contributed by atoms with van der Waals surface area (Å²) < 4.78 is 52.6. The monoisotopic (exact) mass is 484 g/mol. The minimum absolute atomic E-state index is 0.0690. The summed E-state index contributed by atoms with van der Waals surface area (Å²) in [7, 11) is -4.19. The fourth-order valence-corrected chi connectivity index (χ4v) is 5.03. The second-order valence-corrected chi connectivity index (χ2v) is 9.86. The van der Waals surface area contributed by atoms with Gasteiger partial charge in [0.1, 0.15) is 25.6 Å². The number of ether oxygens (including phenoxy) is 2. The fraction of sp³-hybridized carbons (Fsp3) is 0.240. The van der Waals surface area contributed by atoms with Crippen molar-refractivity contribution in [2.45, 2.75) is 24.8 Å². The molecule has 0 aromatic heterocycles. The number of halogens is 1. The molecule has 0 saturated carbocycles. The number of carbonyl (C=O) groups excluding carboxylic acids is 1. The van der Waals surface area contributed by atoms with Crippen molar-refractivity contribution in [3.8, 4) is 11.5 Å². The van der Waals surface area contributed by atoms with Crippen molar-refractivity contribution in [3.05, 3.63) is 83.7 Å². The van der Waals surface area contributed by atoms with Gasteiger partial charge in [-0.15, -0.1) is 0 Å². The predicted molar refractivity (Wildman–Crippen MR) is 126 cm³/mol. The van der Waals surface area contributed by atoms with Gasteiger partial charge in [0.15, 0.2) is 11.5 Å². The molecule has 0 spiro atoms. The molecule has 7 nitrogen and oxygen atoms in total. The quantitative estimate of drug-likeness (QED) is 0.549. The number of hydrogen-bond acceptors (Lipinski definition) is 5. The zero-order chi connectivity index (χ0) is 24.3. The molecule has 0 aliphatic carbocycles. The van der Waals surface area contributed by atoms with Crippen molar-refractivity contribution in [2.24, 2.45) is 0 Å². The average Bonchev–Trinajstić information content (AvgIpc) is 2.83. The molecule has 0 radical (unpaired) electrons. The Bertz CT molecular complexity index is 1280. The number of hydrogen-bond donors (Lipinski definition) is 1. The molecule has 34 heavy (non-hydrogen) atoms. The van der Waals surface area contributed by atoms with Crippen LogP contribution in [0.5, 0.6) is 11.5 Å². The van der Waals surface area contributed by atoms with Crippen LogP contribution in [0.25, 0.3) is 0 Å². The molecule has 1 aliphatic heterocycles. The highest BCUT2D eigenvalue weighted by atomic mass is 32.2. The van der Waals surface area contributed by atoms with Crippen molar-refractivity contribution < 1.29 is 27.1 Å². The Morgan fingerprint density at radius 3 is 2.32 bits per heavy atom. The Balaban J connectivity index is 1.62. The van der Waals surface area contributed by atoms with E-state index in [1.807, 2.05) is 38.1 Å². The zero-order valence-electron chi connectivity index (χ0n) is 18.8. The lowest BCUT2D eigenvalue weighted by atomic mass is 10.1. The molecule has 1 heterocycles. The molecule has 1 atom stereocenters. The van der Waals surface area contributed by atoms with E-state index in [1.165, 1.54) is 30.3 Å². The van der Waals surface area contributed by atoms with Crippen LogP contribution >= 0.6 is 0 Å². The Morgan fingerprint density at radius 2 is 1.65 bits per heavy atom. The molecule has 4 rings (SSSR count). The molecule has 0 bridgehead atoms. The van der Waals surface area contributed by atoms with E-state index in [1.54, 1.807) is 0 Å².